The molecule has 1 N–H and O–H groups in total. The second-order valence-corrected chi connectivity index (χ2v) is 4.01. The molecule has 0 heterocycles. The molecule has 1 aliphatic carbocycles. The Balaban J connectivity index is 2.18. The maximum Gasteiger partial charge on any atom is 0.126 e. The van der Waals surface area contributed by atoms with E-state index in [1.807, 2.05) is 6.07 Å². The van der Waals surface area contributed by atoms with Crippen LogP contribution in [0.1, 0.15) is 30.0 Å². The summed E-state index contributed by atoms with van der Waals surface area (Å²) < 4.78 is 13.3. The van der Waals surface area contributed by atoms with Gasteiger partial charge in [0.25, 0.3) is 0 Å². The molecule has 3 heteroatoms. The largest absolute Gasteiger partial charge is 0.295 e. The number of halogens is 1. The normalized spacial score (nSPS) is 17.1. The van der Waals surface area contributed by atoms with E-state index in [-0.39, 0.29) is 11.9 Å². The van der Waals surface area contributed by atoms with Crippen LogP contribution in [0, 0.1) is 24.1 Å². The molecular weight excluding hydrogens is 191 g/mol. The fourth-order valence-corrected chi connectivity index (χ4v) is 1.48. The third-order valence-corrected chi connectivity index (χ3v) is 2.64. The van der Waals surface area contributed by atoms with Crippen molar-refractivity contribution in [2.24, 2.45) is 0 Å². The van der Waals surface area contributed by atoms with E-state index in [4.69, 9.17) is 5.26 Å². The van der Waals surface area contributed by atoms with Crippen LogP contribution < -0.4 is 5.32 Å². The second-order valence-electron chi connectivity index (χ2n) is 4.01. The van der Waals surface area contributed by atoms with Gasteiger partial charge in [0.15, 0.2) is 0 Å². The fraction of sp³-hybridized carbons (Fsp3) is 0.417. The zero-order valence-corrected chi connectivity index (χ0v) is 8.63. The number of benzene rings is 1. The molecule has 1 unspecified atom stereocenters. The zero-order chi connectivity index (χ0) is 10.8. The third kappa shape index (κ3) is 2.34. The number of nitriles is 1. The summed E-state index contributed by atoms with van der Waals surface area (Å²) in [5, 5.41) is 12.2. The van der Waals surface area contributed by atoms with Crippen molar-refractivity contribution < 1.29 is 4.39 Å². The number of aryl methyl sites for hydroxylation is 1. The summed E-state index contributed by atoms with van der Waals surface area (Å²) >= 11 is 0. The lowest BCUT2D eigenvalue weighted by molar-refractivity contribution is 0.597. The number of nitrogens with one attached hydrogen (secondary N) is 1. The van der Waals surface area contributed by atoms with E-state index >= 15 is 0 Å². The fourth-order valence-electron chi connectivity index (χ4n) is 1.48. The van der Waals surface area contributed by atoms with Crippen LogP contribution >= 0.6 is 0 Å². The SMILES string of the molecule is Cc1ccc(C(C#N)NC2CC2)cc1F. The maximum absolute atomic E-state index is 13.3. The third-order valence-electron chi connectivity index (χ3n) is 2.64. The quantitative estimate of drug-likeness (QED) is 0.820. The van der Waals surface area contributed by atoms with Crippen LogP contribution in [0.3, 0.4) is 0 Å². The van der Waals surface area contributed by atoms with E-state index < -0.39 is 0 Å². The molecular formula is C12H13FN2. The number of rotatable bonds is 3. The van der Waals surface area contributed by atoms with Gasteiger partial charge in [-0.05, 0) is 37.0 Å². The molecule has 0 radical (unpaired) electrons. The molecule has 0 saturated heterocycles. The molecule has 0 bridgehead atoms. The van der Waals surface area contributed by atoms with Crippen LogP contribution in [0.25, 0.3) is 0 Å². The molecule has 78 valence electrons. The Morgan fingerprint density at radius 2 is 2.27 bits per heavy atom. The first-order chi connectivity index (χ1) is 7.20. The summed E-state index contributed by atoms with van der Waals surface area (Å²) in [7, 11) is 0. The number of hydrogen-bond donors (Lipinski definition) is 1. The summed E-state index contributed by atoms with van der Waals surface area (Å²) in [6, 6.07) is 7.18. The van der Waals surface area contributed by atoms with Crippen LogP contribution in [-0.2, 0) is 0 Å². The molecule has 2 nitrogen and oxygen atoms in total. The minimum absolute atomic E-state index is 0.245. The number of nitrogens with zero attached hydrogens (tertiary/aromatic N) is 1. The lowest BCUT2D eigenvalue weighted by atomic mass is 10.1. The summed E-state index contributed by atoms with van der Waals surface area (Å²) in [5.74, 6) is -0.245. The minimum Gasteiger partial charge on any atom is -0.295 e. The minimum atomic E-state index is -0.382. The Hall–Kier alpha value is -1.40. The monoisotopic (exact) mass is 204 g/mol. The molecule has 1 aromatic carbocycles. The predicted octanol–water partition coefficient (Wildman–Crippen LogP) is 2.45. The van der Waals surface area contributed by atoms with Crippen molar-refractivity contribution in [2.45, 2.75) is 31.8 Å². The van der Waals surface area contributed by atoms with Gasteiger partial charge in [-0.3, -0.25) is 5.32 Å². The molecule has 2 rings (SSSR count). The van der Waals surface area contributed by atoms with Crippen molar-refractivity contribution in [3.63, 3.8) is 0 Å². The first-order valence-corrected chi connectivity index (χ1v) is 5.12. The molecule has 1 aromatic rings. The summed E-state index contributed by atoms with van der Waals surface area (Å²) in [5.41, 5.74) is 1.33. The molecule has 0 aliphatic heterocycles. The van der Waals surface area contributed by atoms with E-state index in [9.17, 15) is 4.39 Å². The van der Waals surface area contributed by atoms with Gasteiger partial charge >= 0.3 is 0 Å². The van der Waals surface area contributed by atoms with Crippen molar-refractivity contribution in [2.75, 3.05) is 0 Å². The predicted molar refractivity (Wildman–Crippen MR) is 55.6 cm³/mol. The van der Waals surface area contributed by atoms with Gasteiger partial charge < -0.3 is 0 Å². The van der Waals surface area contributed by atoms with Crippen LogP contribution in [0.15, 0.2) is 18.2 Å². The molecule has 1 saturated carbocycles. The number of hydrogen-bond acceptors (Lipinski definition) is 2. The van der Waals surface area contributed by atoms with Crippen molar-refractivity contribution >= 4 is 0 Å². The standard InChI is InChI=1S/C12H13FN2/c1-8-2-3-9(6-11(8)13)12(7-14)15-10-4-5-10/h2-3,6,10,12,15H,4-5H2,1H3. The van der Waals surface area contributed by atoms with Crippen molar-refractivity contribution in [1.29, 1.82) is 5.26 Å². The van der Waals surface area contributed by atoms with E-state index in [2.05, 4.69) is 11.4 Å². The lowest BCUT2D eigenvalue weighted by Crippen LogP contribution is -2.22. The van der Waals surface area contributed by atoms with E-state index in [1.165, 1.54) is 6.07 Å². The maximum atomic E-state index is 13.3. The van der Waals surface area contributed by atoms with Crippen molar-refractivity contribution in [3.8, 4) is 6.07 Å². The van der Waals surface area contributed by atoms with E-state index in [0.29, 0.717) is 17.2 Å². The van der Waals surface area contributed by atoms with Gasteiger partial charge in [-0.1, -0.05) is 12.1 Å². The highest BCUT2D eigenvalue weighted by Gasteiger charge is 2.25. The molecule has 1 fully saturated rings. The smallest absolute Gasteiger partial charge is 0.126 e. The van der Waals surface area contributed by atoms with Gasteiger partial charge in [-0.25, -0.2) is 4.39 Å². The first kappa shape index (κ1) is 10.1. The summed E-state index contributed by atoms with van der Waals surface area (Å²) in [6.45, 7) is 1.72. The first-order valence-electron chi connectivity index (χ1n) is 5.12. The molecule has 1 atom stereocenters. The second kappa shape index (κ2) is 4.00. The van der Waals surface area contributed by atoms with Gasteiger partial charge in [0, 0.05) is 6.04 Å². The molecule has 0 aromatic heterocycles. The van der Waals surface area contributed by atoms with Crippen molar-refractivity contribution in [1.82, 2.24) is 5.32 Å². The average molecular weight is 204 g/mol. The van der Waals surface area contributed by atoms with Gasteiger partial charge in [-0.15, -0.1) is 0 Å². The van der Waals surface area contributed by atoms with Gasteiger partial charge in [-0.2, -0.15) is 5.26 Å². The van der Waals surface area contributed by atoms with Crippen LogP contribution in [0.5, 0.6) is 0 Å². The highest BCUT2D eigenvalue weighted by Crippen LogP contribution is 2.24. The van der Waals surface area contributed by atoms with Crippen LogP contribution in [0.2, 0.25) is 0 Å². The van der Waals surface area contributed by atoms with Crippen molar-refractivity contribution in [3.05, 3.63) is 35.1 Å². The lowest BCUT2D eigenvalue weighted by Gasteiger charge is -2.11. The highest BCUT2D eigenvalue weighted by molar-refractivity contribution is 5.29. The average Bonchev–Trinajstić information content (AvgIpc) is 3.02. The molecule has 1 aliphatic rings. The van der Waals surface area contributed by atoms with Crippen LogP contribution in [0.4, 0.5) is 4.39 Å². The van der Waals surface area contributed by atoms with Gasteiger partial charge in [0.1, 0.15) is 11.9 Å². The molecule has 15 heavy (non-hydrogen) atoms. The summed E-state index contributed by atoms with van der Waals surface area (Å²) in [4.78, 5) is 0. The zero-order valence-electron chi connectivity index (χ0n) is 8.63. The van der Waals surface area contributed by atoms with Crippen LogP contribution in [-0.4, -0.2) is 6.04 Å². The Kier molecular flexibility index (Phi) is 2.70. The summed E-state index contributed by atoms with van der Waals surface area (Å²) in [6.07, 6.45) is 2.24. The van der Waals surface area contributed by atoms with E-state index in [1.54, 1.807) is 13.0 Å². The Labute approximate surface area is 88.7 Å². The molecule has 0 spiro atoms. The highest BCUT2D eigenvalue weighted by atomic mass is 19.1. The van der Waals surface area contributed by atoms with Gasteiger partial charge in [0.05, 0.1) is 6.07 Å². The Bertz CT molecular complexity index is 405. The van der Waals surface area contributed by atoms with E-state index in [0.717, 1.165) is 12.8 Å². The van der Waals surface area contributed by atoms with Gasteiger partial charge in [0.2, 0.25) is 0 Å². The topological polar surface area (TPSA) is 35.8 Å². The molecule has 0 amide bonds. The Morgan fingerprint density at radius 1 is 1.53 bits per heavy atom. The Morgan fingerprint density at radius 3 is 2.80 bits per heavy atom.